The highest BCUT2D eigenvalue weighted by Crippen LogP contribution is 2.20. The van der Waals surface area contributed by atoms with Gasteiger partial charge in [-0.15, -0.1) is 0 Å². The SMILES string of the molecule is CCOc1ccc(C(C)NCc2ccc(Br)c(C)c2)cc1. The Hall–Kier alpha value is -1.32. The van der Waals surface area contributed by atoms with Crippen molar-refractivity contribution in [2.24, 2.45) is 0 Å². The molecule has 0 spiro atoms. The van der Waals surface area contributed by atoms with Crippen LogP contribution in [0.25, 0.3) is 0 Å². The lowest BCUT2D eigenvalue weighted by molar-refractivity contribution is 0.340. The third kappa shape index (κ3) is 4.58. The molecule has 0 aliphatic rings. The average Bonchev–Trinajstić information content (AvgIpc) is 2.49. The number of nitrogens with one attached hydrogen (secondary N) is 1. The Bertz CT molecular complexity index is 580. The molecule has 2 aromatic rings. The van der Waals surface area contributed by atoms with E-state index >= 15 is 0 Å². The third-order valence-corrected chi connectivity index (χ3v) is 4.42. The lowest BCUT2D eigenvalue weighted by Crippen LogP contribution is -2.18. The molecule has 0 fully saturated rings. The van der Waals surface area contributed by atoms with Crippen molar-refractivity contribution in [2.75, 3.05) is 6.61 Å². The minimum Gasteiger partial charge on any atom is -0.494 e. The van der Waals surface area contributed by atoms with Crippen molar-refractivity contribution in [3.63, 3.8) is 0 Å². The van der Waals surface area contributed by atoms with Gasteiger partial charge < -0.3 is 10.1 Å². The molecule has 0 amide bonds. The Balaban J connectivity index is 1.94. The maximum absolute atomic E-state index is 5.47. The minimum atomic E-state index is 0.310. The van der Waals surface area contributed by atoms with Crippen molar-refractivity contribution in [3.8, 4) is 5.75 Å². The molecule has 21 heavy (non-hydrogen) atoms. The van der Waals surface area contributed by atoms with Gasteiger partial charge in [0.25, 0.3) is 0 Å². The van der Waals surface area contributed by atoms with Gasteiger partial charge in [-0.3, -0.25) is 0 Å². The van der Waals surface area contributed by atoms with Gasteiger partial charge in [-0.25, -0.2) is 0 Å². The number of aryl methyl sites for hydroxylation is 1. The van der Waals surface area contributed by atoms with E-state index in [2.05, 4.69) is 65.4 Å². The molecule has 3 heteroatoms. The van der Waals surface area contributed by atoms with Gasteiger partial charge in [-0.1, -0.05) is 40.2 Å². The zero-order chi connectivity index (χ0) is 15.2. The predicted octanol–water partition coefficient (Wildman–Crippen LogP) is 5.01. The fourth-order valence-corrected chi connectivity index (χ4v) is 2.47. The average molecular weight is 348 g/mol. The highest BCUT2D eigenvalue weighted by atomic mass is 79.9. The van der Waals surface area contributed by atoms with Crippen molar-refractivity contribution in [1.82, 2.24) is 5.32 Å². The quantitative estimate of drug-likeness (QED) is 0.793. The second-order valence-corrected chi connectivity index (χ2v) is 6.04. The van der Waals surface area contributed by atoms with E-state index in [-0.39, 0.29) is 0 Å². The van der Waals surface area contributed by atoms with Gasteiger partial charge in [-0.2, -0.15) is 0 Å². The van der Waals surface area contributed by atoms with Crippen LogP contribution in [0, 0.1) is 6.92 Å². The smallest absolute Gasteiger partial charge is 0.119 e. The van der Waals surface area contributed by atoms with Crippen LogP contribution in [0.5, 0.6) is 5.75 Å². The van der Waals surface area contributed by atoms with Crippen LogP contribution in [0.2, 0.25) is 0 Å². The molecule has 0 heterocycles. The molecule has 1 unspecified atom stereocenters. The van der Waals surface area contributed by atoms with Crippen LogP contribution >= 0.6 is 15.9 Å². The highest BCUT2D eigenvalue weighted by molar-refractivity contribution is 9.10. The second kappa shape index (κ2) is 7.62. The Morgan fingerprint density at radius 2 is 1.86 bits per heavy atom. The summed E-state index contributed by atoms with van der Waals surface area (Å²) in [5.74, 6) is 0.928. The molecular weight excluding hydrogens is 326 g/mol. The van der Waals surface area contributed by atoms with E-state index in [4.69, 9.17) is 4.74 Å². The van der Waals surface area contributed by atoms with E-state index in [1.54, 1.807) is 0 Å². The maximum Gasteiger partial charge on any atom is 0.119 e. The molecule has 0 saturated heterocycles. The molecule has 0 aromatic heterocycles. The Morgan fingerprint density at radius 3 is 2.48 bits per heavy atom. The number of benzene rings is 2. The molecule has 2 rings (SSSR count). The third-order valence-electron chi connectivity index (χ3n) is 3.53. The predicted molar refractivity (Wildman–Crippen MR) is 91.7 cm³/mol. The zero-order valence-corrected chi connectivity index (χ0v) is 14.4. The van der Waals surface area contributed by atoms with Crippen molar-refractivity contribution < 1.29 is 4.74 Å². The zero-order valence-electron chi connectivity index (χ0n) is 12.8. The molecule has 0 aliphatic carbocycles. The van der Waals surface area contributed by atoms with Crippen molar-refractivity contribution >= 4 is 15.9 Å². The summed E-state index contributed by atoms with van der Waals surface area (Å²) in [4.78, 5) is 0. The summed E-state index contributed by atoms with van der Waals surface area (Å²) >= 11 is 3.53. The normalized spacial score (nSPS) is 12.2. The largest absolute Gasteiger partial charge is 0.494 e. The molecule has 112 valence electrons. The molecule has 1 N–H and O–H groups in total. The molecule has 0 saturated carbocycles. The van der Waals surface area contributed by atoms with E-state index in [9.17, 15) is 0 Å². The van der Waals surface area contributed by atoms with Crippen LogP contribution in [0.4, 0.5) is 0 Å². The van der Waals surface area contributed by atoms with Crippen molar-refractivity contribution in [2.45, 2.75) is 33.4 Å². The molecule has 0 bridgehead atoms. The van der Waals surface area contributed by atoms with E-state index in [0.717, 1.165) is 16.8 Å². The first-order valence-electron chi connectivity index (χ1n) is 7.31. The van der Waals surface area contributed by atoms with E-state index in [0.29, 0.717) is 12.6 Å². The van der Waals surface area contributed by atoms with Gasteiger partial charge in [0.2, 0.25) is 0 Å². The Kier molecular flexibility index (Phi) is 5.83. The maximum atomic E-state index is 5.47. The fourth-order valence-electron chi connectivity index (χ4n) is 2.22. The summed E-state index contributed by atoms with van der Waals surface area (Å²) in [6, 6.07) is 15.1. The van der Waals surface area contributed by atoms with Crippen LogP contribution in [0.15, 0.2) is 46.9 Å². The fraction of sp³-hybridized carbons (Fsp3) is 0.333. The topological polar surface area (TPSA) is 21.3 Å². The summed E-state index contributed by atoms with van der Waals surface area (Å²) in [6.07, 6.45) is 0. The molecular formula is C18H22BrNO. The Labute approximate surface area is 135 Å². The first-order chi connectivity index (χ1) is 10.1. The summed E-state index contributed by atoms with van der Waals surface area (Å²) in [5.41, 5.74) is 3.84. The number of halogens is 1. The van der Waals surface area contributed by atoms with Gasteiger partial charge in [0.15, 0.2) is 0 Å². The molecule has 2 nitrogen and oxygen atoms in total. The molecule has 0 radical (unpaired) electrons. The minimum absolute atomic E-state index is 0.310. The monoisotopic (exact) mass is 347 g/mol. The van der Waals surface area contributed by atoms with Crippen LogP contribution in [-0.2, 0) is 6.54 Å². The first kappa shape index (κ1) is 16.1. The first-order valence-corrected chi connectivity index (χ1v) is 8.10. The number of hydrogen-bond acceptors (Lipinski definition) is 2. The molecule has 1 atom stereocenters. The van der Waals surface area contributed by atoms with Crippen molar-refractivity contribution in [3.05, 3.63) is 63.6 Å². The standard InChI is InChI=1S/C18H22BrNO/c1-4-21-17-8-6-16(7-9-17)14(3)20-12-15-5-10-18(19)13(2)11-15/h5-11,14,20H,4,12H2,1-3H3. The second-order valence-electron chi connectivity index (χ2n) is 5.19. The summed E-state index contributed by atoms with van der Waals surface area (Å²) in [6.45, 7) is 7.86. The lowest BCUT2D eigenvalue weighted by Gasteiger charge is -2.15. The molecule has 2 aromatic carbocycles. The van der Waals surface area contributed by atoms with Crippen molar-refractivity contribution in [1.29, 1.82) is 0 Å². The molecule has 0 aliphatic heterocycles. The van der Waals surface area contributed by atoms with Gasteiger partial charge >= 0.3 is 0 Å². The van der Waals surface area contributed by atoms with Gasteiger partial charge in [0, 0.05) is 17.1 Å². The van der Waals surface area contributed by atoms with Crippen LogP contribution in [0.1, 0.15) is 36.6 Å². The highest BCUT2D eigenvalue weighted by Gasteiger charge is 2.06. The number of hydrogen-bond donors (Lipinski definition) is 1. The van der Waals surface area contributed by atoms with E-state index < -0.39 is 0 Å². The van der Waals surface area contributed by atoms with Gasteiger partial charge in [0.1, 0.15) is 5.75 Å². The van der Waals surface area contributed by atoms with Gasteiger partial charge in [-0.05, 0) is 55.7 Å². The Morgan fingerprint density at radius 1 is 1.14 bits per heavy atom. The van der Waals surface area contributed by atoms with Gasteiger partial charge in [0.05, 0.1) is 6.61 Å². The number of ether oxygens (including phenoxy) is 1. The summed E-state index contributed by atoms with van der Waals surface area (Å²) < 4.78 is 6.63. The van der Waals surface area contributed by atoms with E-state index in [1.165, 1.54) is 16.7 Å². The number of rotatable bonds is 6. The van der Waals surface area contributed by atoms with Crippen LogP contribution < -0.4 is 10.1 Å². The lowest BCUT2D eigenvalue weighted by atomic mass is 10.1. The van der Waals surface area contributed by atoms with E-state index in [1.807, 2.05) is 19.1 Å². The summed E-state index contributed by atoms with van der Waals surface area (Å²) in [5, 5.41) is 3.56. The summed E-state index contributed by atoms with van der Waals surface area (Å²) in [7, 11) is 0. The van der Waals surface area contributed by atoms with Crippen LogP contribution in [0.3, 0.4) is 0 Å². The van der Waals surface area contributed by atoms with Crippen LogP contribution in [-0.4, -0.2) is 6.61 Å².